The van der Waals surface area contributed by atoms with E-state index in [2.05, 4.69) is 6.92 Å². The van der Waals surface area contributed by atoms with Crippen LogP contribution in [0, 0.1) is 17.8 Å². The Bertz CT molecular complexity index is 118. The zero-order valence-electron chi connectivity index (χ0n) is 5.88. The summed E-state index contributed by atoms with van der Waals surface area (Å²) in [5.74, 6) is 2.18. The normalized spacial score (nSPS) is 56.7. The van der Waals surface area contributed by atoms with Crippen molar-refractivity contribution in [1.29, 1.82) is 0 Å². The molecule has 2 aliphatic rings. The molecule has 0 spiro atoms. The van der Waals surface area contributed by atoms with Crippen LogP contribution in [0.5, 0.6) is 0 Å². The average molecular weight is 126 g/mol. The van der Waals surface area contributed by atoms with Crippen LogP contribution in [-0.2, 0) is 0 Å². The minimum atomic E-state index is 0.0451. The van der Waals surface area contributed by atoms with Gasteiger partial charge in [0.05, 0.1) is 6.10 Å². The van der Waals surface area contributed by atoms with Gasteiger partial charge in [-0.1, -0.05) is 6.92 Å². The van der Waals surface area contributed by atoms with Crippen LogP contribution in [-0.4, -0.2) is 11.2 Å². The monoisotopic (exact) mass is 126 g/mol. The third kappa shape index (κ3) is 0.644. The summed E-state index contributed by atoms with van der Waals surface area (Å²) in [7, 11) is 0. The number of hydrogen-bond donors (Lipinski definition) is 1. The van der Waals surface area contributed by atoms with Crippen LogP contribution in [0.15, 0.2) is 0 Å². The highest BCUT2D eigenvalue weighted by atomic mass is 16.3. The molecule has 2 rings (SSSR count). The summed E-state index contributed by atoms with van der Waals surface area (Å²) in [5.41, 5.74) is 0. The molecule has 4 unspecified atom stereocenters. The largest absolute Gasteiger partial charge is 0.393 e. The molecule has 0 aromatic rings. The molecular formula is C8H14O. The van der Waals surface area contributed by atoms with Gasteiger partial charge in [0.25, 0.3) is 0 Å². The molecule has 0 bridgehead atoms. The number of aliphatic hydroxyl groups excluding tert-OH is 1. The van der Waals surface area contributed by atoms with E-state index in [1.807, 2.05) is 0 Å². The van der Waals surface area contributed by atoms with Crippen molar-refractivity contribution in [3.8, 4) is 0 Å². The molecule has 0 saturated heterocycles. The summed E-state index contributed by atoms with van der Waals surface area (Å²) >= 11 is 0. The van der Waals surface area contributed by atoms with Gasteiger partial charge in [-0.3, -0.25) is 0 Å². The number of aliphatic hydroxyl groups is 1. The van der Waals surface area contributed by atoms with E-state index in [9.17, 15) is 5.11 Å². The summed E-state index contributed by atoms with van der Waals surface area (Å²) < 4.78 is 0. The Kier molecular flexibility index (Phi) is 1.10. The highest BCUT2D eigenvalue weighted by Gasteiger charge is 2.45. The van der Waals surface area contributed by atoms with Crippen molar-refractivity contribution < 1.29 is 5.11 Å². The van der Waals surface area contributed by atoms with Gasteiger partial charge < -0.3 is 5.11 Å². The molecule has 1 N–H and O–H groups in total. The van der Waals surface area contributed by atoms with Crippen molar-refractivity contribution in [3.63, 3.8) is 0 Å². The maximum absolute atomic E-state index is 9.49. The zero-order chi connectivity index (χ0) is 6.43. The minimum absolute atomic E-state index is 0.0451. The fourth-order valence-electron chi connectivity index (χ4n) is 2.38. The van der Waals surface area contributed by atoms with Crippen molar-refractivity contribution in [3.05, 3.63) is 0 Å². The first kappa shape index (κ1) is 5.72. The molecule has 1 heteroatoms. The van der Waals surface area contributed by atoms with Gasteiger partial charge >= 0.3 is 0 Å². The molecule has 0 radical (unpaired) electrons. The van der Waals surface area contributed by atoms with E-state index in [-0.39, 0.29) is 6.10 Å². The maximum Gasteiger partial charge on any atom is 0.0596 e. The van der Waals surface area contributed by atoms with Crippen molar-refractivity contribution in [2.45, 2.75) is 32.3 Å². The predicted molar refractivity (Wildman–Crippen MR) is 36.0 cm³/mol. The lowest BCUT2D eigenvalue weighted by molar-refractivity contribution is 0.0507. The van der Waals surface area contributed by atoms with Gasteiger partial charge in [0, 0.05) is 0 Å². The molecule has 0 heterocycles. The summed E-state index contributed by atoms with van der Waals surface area (Å²) in [6.45, 7) is 2.17. The van der Waals surface area contributed by atoms with E-state index in [0.717, 1.165) is 5.92 Å². The number of hydrogen-bond acceptors (Lipinski definition) is 1. The SMILES string of the molecule is CC1CC2CCC2C1O. The lowest BCUT2D eigenvalue weighted by Crippen LogP contribution is -2.28. The first-order valence-corrected chi connectivity index (χ1v) is 3.97. The van der Waals surface area contributed by atoms with Crippen LogP contribution in [0.1, 0.15) is 26.2 Å². The number of fused-ring (bicyclic) bond motifs is 1. The Morgan fingerprint density at radius 3 is 2.33 bits per heavy atom. The molecular weight excluding hydrogens is 112 g/mol. The van der Waals surface area contributed by atoms with E-state index < -0.39 is 0 Å². The fourth-order valence-corrected chi connectivity index (χ4v) is 2.38. The highest BCUT2D eigenvalue weighted by molar-refractivity contribution is 4.95. The van der Waals surface area contributed by atoms with Crippen molar-refractivity contribution in [2.24, 2.45) is 17.8 Å². The van der Waals surface area contributed by atoms with Crippen LogP contribution in [0.3, 0.4) is 0 Å². The van der Waals surface area contributed by atoms with Gasteiger partial charge in [0.2, 0.25) is 0 Å². The second-order valence-electron chi connectivity index (χ2n) is 3.70. The van der Waals surface area contributed by atoms with Gasteiger partial charge in [-0.2, -0.15) is 0 Å². The first-order chi connectivity index (χ1) is 4.29. The van der Waals surface area contributed by atoms with Crippen molar-refractivity contribution in [2.75, 3.05) is 0 Å². The quantitative estimate of drug-likeness (QED) is 0.520. The highest BCUT2D eigenvalue weighted by Crippen LogP contribution is 2.49. The van der Waals surface area contributed by atoms with Gasteiger partial charge in [-0.15, -0.1) is 0 Å². The van der Waals surface area contributed by atoms with E-state index in [1.54, 1.807) is 0 Å². The average Bonchev–Trinajstić information content (AvgIpc) is 1.92. The lowest BCUT2D eigenvalue weighted by atomic mass is 9.76. The van der Waals surface area contributed by atoms with Crippen molar-refractivity contribution >= 4 is 0 Å². The molecule has 0 aliphatic heterocycles. The molecule has 0 aromatic carbocycles. The zero-order valence-corrected chi connectivity index (χ0v) is 5.88. The molecule has 0 aromatic heterocycles. The fraction of sp³-hybridized carbons (Fsp3) is 1.00. The van der Waals surface area contributed by atoms with E-state index in [1.165, 1.54) is 19.3 Å². The Hall–Kier alpha value is -0.0400. The van der Waals surface area contributed by atoms with Crippen LogP contribution >= 0.6 is 0 Å². The van der Waals surface area contributed by atoms with Crippen LogP contribution in [0.2, 0.25) is 0 Å². The van der Waals surface area contributed by atoms with Gasteiger partial charge in [0.15, 0.2) is 0 Å². The van der Waals surface area contributed by atoms with Crippen LogP contribution in [0.25, 0.3) is 0 Å². The molecule has 0 amide bonds. The Labute approximate surface area is 56.1 Å². The number of rotatable bonds is 0. The minimum Gasteiger partial charge on any atom is -0.393 e. The maximum atomic E-state index is 9.49. The molecule has 4 atom stereocenters. The summed E-state index contributed by atoms with van der Waals surface area (Å²) in [6, 6.07) is 0. The Morgan fingerprint density at radius 1 is 1.33 bits per heavy atom. The van der Waals surface area contributed by atoms with Gasteiger partial charge in [-0.05, 0) is 37.0 Å². The standard InChI is InChI=1S/C8H14O/c1-5-4-6-2-3-7(6)8(5)9/h5-9H,2-4H2,1H3. The third-order valence-electron chi connectivity index (χ3n) is 3.17. The molecule has 52 valence electrons. The summed E-state index contributed by atoms with van der Waals surface area (Å²) in [6.07, 6.45) is 4.00. The van der Waals surface area contributed by atoms with Gasteiger partial charge in [0.1, 0.15) is 0 Å². The molecule has 1 nitrogen and oxygen atoms in total. The molecule has 2 fully saturated rings. The first-order valence-electron chi connectivity index (χ1n) is 3.97. The smallest absolute Gasteiger partial charge is 0.0596 e. The second kappa shape index (κ2) is 1.72. The Balaban J connectivity index is 2.07. The lowest BCUT2D eigenvalue weighted by Gasteiger charge is -2.31. The van der Waals surface area contributed by atoms with Gasteiger partial charge in [-0.25, -0.2) is 0 Å². The van der Waals surface area contributed by atoms with Crippen molar-refractivity contribution in [1.82, 2.24) is 0 Å². The van der Waals surface area contributed by atoms with Crippen LogP contribution in [0.4, 0.5) is 0 Å². The van der Waals surface area contributed by atoms with E-state index >= 15 is 0 Å². The molecule has 9 heavy (non-hydrogen) atoms. The Morgan fingerprint density at radius 2 is 2.11 bits per heavy atom. The summed E-state index contributed by atoms with van der Waals surface area (Å²) in [4.78, 5) is 0. The molecule has 2 saturated carbocycles. The molecule has 2 aliphatic carbocycles. The summed E-state index contributed by atoms with van der Waals surface area (Å²) in [5, 5.41) is 9.49. The topological polar surface area (TPSA) is 20.2 Å². The van der Waals surface area contributed by atoms with Crippen LogP contribution < -0.4 is 0 Å². The van der Waals surface area contributed by atoms with E-state index in [4.69, 9.17) is 0 Å². The second-order valence-corrected chi connectivity index (χ2v) is 3.70. The third-order valence-corrected chi connectivity index (χ3v) is 3.17. The van der Waals surface area contributed by atoms with E-state index in [0.29, 0.717) is 11.8 Å². The predicted octanol–water partition coefficient (Wildman–Crippen LogP) is 1.41.